The lowest BCUT2D eigenvalue weighted by molar-refractivity contribution is 0.669. The number of hydrogen-bond acceptors (Lipinski definition) is 8. The van der Waals surface area contributed by atoms with Gasteiger partial charge in [0.2, 0.25) is 0 Å². The number of aromatic nitrogens is 8. The van der Waals surface area contributed by atoms with Gasteiger partial charge >= 0.3 is 0 Å². The largest absolute Gasteiger partial charge is 0.456 e. The van der Waals surface area contributed by atoms with Crippen LogP contribution in [0.4, 0.5) is 0 Å². The molecule has 19 rings (SSSR count). The Hall–Kier alpha value is -12.9. The van der Waals surface area contributed by atoms with Crippen LogP contribution >= 0.6 is 0 Å². The third kappa shape index (κ3) is 9.52. The fourth-order valence-electron chi connectivity index (χ4n) is 13.2. The van der Waals surface area contributed by atoms with Crippen molar-refractivity contribution in [2.24, 2.45) is 0 Å². The van der Waals surface area contributed by atoms with E-state index in [0.717, 1.165) is 122 Å². The Labute approximate surface area is 538 Å². The second kappa shape index (κ2) is 22.5. The predicted molar refractivity (Wildman–Crippen MR) is 381 cm³/mol. The second-order valence-electron chi connectivity index (χ2n) is 23.4. The molecule has 0 unspecified atom stereocenters. The highest BCUT2D eigenvalue weighted by molar-refractivity contribution is 6.19. The van der Waals surface area contributed by atoms with E-state index in [0.29, 0.717) is 34.9 Å². The zero-order valence-corrected chi connectivity index (χ0v) is 50.4. The lowest BCUT2D eigenvalue weighted by Crippen LogP contribution is -2.00. The van der Waals surface area contributed by atoms with Crippen LogP contribution < -0.4 is 0 Å². The minimum absolute atomic E-state index is 0.608. The van der Waals surface area contributed by atoms with Crippen molar-refractivity contribution in [1.29, 1.82) is 0 Å². The third-order valence-corrected chi connectivity index (χ3v) is 17.7. The second-order valence-corrected chi connectivity index (χ2v) is 23.4. The van der Waals surface area contributed by atoms with E-state index >= 15 is 0 Å². The average molecular weight is 1210 g/mol. The van der Waals surface area contributed by atoms with Crippen molar-refractivity contribution in [2.45, 2.75) is 0 Å². The van der Waals surface area contributed by atoms with Crippen LogP contribution in [0.1, 0.15) is 0 Å². The molecule has 0 aliphatic rings. The molecule has 0 atom stereocenters. The van der Waals surface area contributed by atoms with Crippen molar-refractivity contribution in [3.8, 4) is 90.8 Å². The summed E-state index contributed by atoms with van der Waals surface area (Å²) in [6.07, 6.45) is 0. The van der Waals surface area contributed by atoms with Gasteiger partial charge in [-0.05, 0) is 108 Å². The summed E-state index contributed by atoms with van der Waals surface area (Å²) in [5.74, 6) is 3.76. The average Bonchev–Trinajstić information content (AvgIpc) is 1.58. The van der Waals surface area contributed by atoms with Gasteiger partial charge in [0, 0.05) is 87.8 Å². The van der Waals surface area contributed by atoms with Crippen LogP contribution in [0.2, 0.25) is 0 Å². The molecule has 6 aromatic heterocycles. The Bertz CT molecular complexity index is 6010. The van der Waals surface area contributed by atoms with Gasteiger partial charge in [-0.1, -0.05) is 218 Å². The van der Waals surface area contributed by atoms with Crippen molar-refractivity contribution in [1.82, 2.24) is 39.0 Å². The summed E-state index contributed by atoms with van der Waals surface area (Å²) in [5.41, 5.74) is 18.0. The van der Waals surface area contributed by atoms with Crippen molar-refractivity contribution in [3.05, 3.63) is 315 Å². The standard InChI is InChI=1S/C45H28N4O.C39H24N4O/c1-4-12-29(13-5-1)30-20-22-32(23-21-30)44-46-43(31-14-6-2-7-15-31)47-45(48-44)33-24-25-41-37(26-33)38-27-40-36(28-42(38)50-41)35-18-10-11-19-39(35)49(40)34-16-8-3-9-17-34;1-4-12-25(13-5-1)37-40-38(26-14-6-2-7-15-26)42-39(41-37)27-20-21-35-31(22-27)32-23-34-30(24-36(32)44-35)29-18-10-11-19-33(29)43(34)28-16-8-3-9-17-28/h1-28H;1-24H. The molecule has 0 aliphatic heterocycles. The molecule has 6 heterocycles. The molecule has 0 saturated carbocycles. The number of fused-ring (bicyclic) bond motifs is 12. The minimum atomic E-state index is 0.608. The van der Waals surface area contributed by atoms with Gasteiger partial charge in [0.05, 0.1) is 22.1 Å². The molecule has 10 heteroatoms. The normalized spacial score (nSPS) is 11.6. The van der Waals surface area contributed by atoms with Crippen molar-refractivity contribution >= 4 is 87.5 Å². The number of benzene rings is 13. The van der Waals surface area contributed by atoms with E-state index < -0.39 is 0 Å². The predicted octanol–water partition coefficient (Wildman–Crippen LogP) is 21.4. The molecule has 0 N–H and O–H groups in total. The first-order valence-corrected chi connectivity index (χ1v) is 31.3. The Morgan fingerprint density at radius 2 is 0.457 bits per heavy atom. The van der Waals surface area contributed by atoms with Crippen LogP contribution in [0.5, 0.6) is 0 Å². The van der Waals surface area contributed by atoms with Crippen molar-refractivity contribution < 1.29 is 8.83 Å². The summed E-state index contributed by atoms with van der Waals surface area (Å²) in [6.45, 7) is 0. The van der Waals surface area contributed by atoms with Gasteiger partial charge in [-0.25, -0.2) is 29.9 Å². The first-order valence-electron chi connectivity index (χ1n) is 31.3. The van der Waals surface area contributed by atoms with Crippen molar-refractivity contribution in [3.63, 3.8) is 0 Å². The smallest absolute Gasteiger partial charge is 0.164 e. The highest BCUT2D eigenvalue weighted by Crippen LogP contribution is 2.42. The van der Waals surface area contributed by atoms with Gasteiger partial charge in [-0.3, -0.25) is 0 Å². The lowest BCUT2D eigenvalue weighted by Gasteiger charge is -2.09. The zero-order valence-electron chi connectivity index (χ0n) is 50.4. The molecule has 440 valence electrons. The molecule has 10 nitrogen and oxygen atoms in total. The lowest BCUT2D eigenvalue weighted by atomic mass is 10.0. The van der Waals surface area contributed by atoms with E-state index in [1.807, 2.05) is 127 Å². The molecule has 94 heavy (non-hydrogen) atoms. The van der Waals surface area contributed by atoms with Crippen LogP contribution in [0, 0.1) is 0 Å². The molecule has 0 saturated heterocycles. The van der Waals surface area contributed by atoms with E-state index in [1.165, 1.54) is 21.9 Å². The highest BCUT2D eigenvalue weighted by atomic mass is 16.3. The van der Waals surface area contributed by atoms with Crippen LogP contribution in [0.25, 0.3) is 178 Å². The Morgan fingerprint density at radius 3 is 0.840 bits per heavy atom. The van der Waals surface area contributed by atoms with E-state index in [1.54, 1.807) is 0 Å². The number of furan rings is 2. The molecule has 19 aromatic rings. The monoisotopic (exact) mass is 1200 g/mol. The molecule has 0 spiro atoms. The topological polar surface area (TPSA) is 113 Å². The van der Waals surface area contributed by atoms with Gasteiger partial charge in [-0.2, -0.15) is 0 Å². The van der Waals surface area contributed by atoms with Crippen LogP contribution in [0.3, 0.4) is 0 Å². The van der Waals surface area contributed by atoms with E-state index in [9.17, 15) is 0 Å². The van der Waals surface area contributed by atoms with Gasteiger partial charge in [-0.15, -0.1) is 0 Å². The molecule has 13 aromatic carbocycles. The molecular formula is C84H52N8O2. The van der Waals surface area contributed by atoms with E-state index in [2.05, 4.69) is 197 Å². The SMILES string of the molecule is c1ccc(-c2ccc(-c3nc(-c4ccccc4)nc(-c4ccc5oc6cc7c8ccccc8n(-c8ccccc8)c7cc6c5c4)n3)cc2)cc1.c1ccc(-c2nc(-c3ccccc3)nc(-c3ccc4oc5cc6c7ccccc7n(-c7ccccc7)c6cc5c4c3)n2)cc1. The first-order chi connectivity index (χ1) is 46.6. The van der Waals surface area contributed by atoms with Crippen LogP contribution in [-0.2, 0) is 0 Å². The number of hydrogen-bond donors (Lipinski definition) is 0. The summed E-state index contributed by atoms with van der Waals surface area (Å²) in [7, 11) is 0. The first kappa shape index (κ1) is 54.1. The summed E-state index contributed by atoms with van der Waals surface area (Å²) in [4.78, 5) is 29.8. The maximum Gasteiger partial charge on any atom is 0.164 e. The third-order valence-electron chi connectivity index (χ3n) is 17.7. The summed E-state index contributed by atoms with van der Waals surface area (Å²) < 4.78 is 17.6. The molecule has 0 amide bonds. The molecule has 0 fully saturated rings. The Balaban J connectivity index is 0.000000139. The molecule has 0 radical (unpaired) electrons. The minimum Gasteiger partial charge on any atom is -0.456 e. The zero-order chi connectivity index (χ0) is 62.1. The number of rotatable bonds is 9. The number of nitrogens with zero attached hydrogens (tertiary/aromatic N) is 8. The van der Waals surface area contributed by atoms with Crippen molar-refractivity contribution in [2.75, 3.05) is 0 Å². The summed E-state index contributed by atoms with van der Waals surface area (Å²) in [6, 6.07) is 108. The number of para-hydroxylation sites is 4. The quantitative estimate of drug-likeness (QED) is 0.140. The van der Waals surface area contributed by atoms with Gasteiger partial charge in [0.25, 0.3) is 0 Å². The van der Waals surface area contributed by atoms with Gasteiger partial charge in [0.15, 0.2) is 34.9 Å². The highest BCUT2D eigenvalue weighted by Gasteiger charge is 2.22. The Kier molecular flexibility index (Phi) is 13.0. The van der Waals surface area contributed by atoms with E-state index in [-0.39, 0.29) is 0 Å². The van der Waals surface area contributed by atoms with Gasteiger partial charge in [0.1, 0.15) is 22.3 Å². The maximum absolute atomic E-state index is 6.49. The van der Waals surface area contributed by atoms with Gasteiger partial charge < -0.3 is 18.0 Å². The maximum atomic E-state index is 6.49. The molecule has 0 aliphatic carbocycles. The van der Waals surface area contributed by atoms with Crippen LogP contribution in [-0.4, -0.2) is 39.0 Å². The molecule has 0 bridgehead atoms. The fraction of sp³-hybridized carbons (Fsp3) is 0. The fourth-order valence-corrected chi connectivity index (χ4v) is 13.2. The van der Waals surface area contributed by atoms with Crippen LogP contribution in [0.15, 0.2) is 324 Å². The molecular weight excluding hydrogens is 1150 g/mol. The summed E-state index contributed by atoms with van der Waals surface area (Å²) in [5, 5.41) is 8.84. The Morgan fingerprint density at radius 1 is 0.181 bits per heavy atom. The summed E-state index contributed by atoms with van der Waals surface area (Å²) >= 11 is 0. The van der Waals surface area contributed by atoms with E-state index in [4.69, 9.17) is 38.7 Å².